The molecule has 1 rings (SSSR count). The molecule has 0 N–H and O–H groups in total. The monoisotopic (exact) mass is 149 g/mol. The fraction of sp³-hybridized carbons (Fsp3) is 0.500. The van der Waals surface area contributed by atoms with Crippen LogP contribution in [0.2, 0.25) is 0 Å². The molecule has 1 aliphatic heterocycles. The Hall–Kier alpha value is -0.800. The van der Waals surface area contributed by atoms with Crippen LogP contribution in [-0.4, -0.2) is 18.9 Å². The Morgan fingerprint density at radius 1 is 1.40 bits per heavy atom. The zero-order valence-corrected chi connectivity index (χ0v) is 5.15. The molecule has 0 atom stereocenters. The number of allylic oxidation sites excluding steroid dienone is 1. The van der Waals surface area contributed by atoms with Gasteiger partial charge in [-0.1, -0.05) is 6.08 Å². The van der Waals surface area contributed by atoms with E-state index in [9.17, 15) is 13.2 Å². The minimum atomic E-state index is -4.22. The average Bonchev–Trinajstić information content (AvgIpc) is 1.88. The van der Waals surface area contributed by atoms with E-state index in [2.05, 4.69) is 4.99 Å². The molecule has 0 aromatic rings. The van der Waals surface area contributed by atoms with Crippen LogP contribution in [0.4, 0.5) is 13.2 Å². The molecule has 56 valence electrons. The Morgan fingerprint density at radius 3 is 2.40 bits per heavy atom. The highest BCUT2D eigenvalue weighted by atomic mass is 19.4. The van der Waals surface area contributed by atoms with Crippen LogP contribution in [0.1, 0.15) is 6.42 Å². The summed E-state index contributed by atoms with van der Waals surface area (Å²) in [5.41, 5.74) is -0.626. The van der Waals surface area contributed by atoms with Crippen molar-refractivity contribution in [3.63, 3.8) is 0 Å². The van der Waals surface area contributed by atoms with E-state index in [1.54, 1.807) is 0 Å². The van der Waals surface area contributed by atoms with Crippen molar-refractivity contribution < 1.29 is 13.2 Å². The van der Waals surface area contributed by atoms with Gasteiger partial charge in [0.2, 0.25) is 0 Å². The van der Waals surface area contributed by atoms with Gasteiger partial charge in [-0.25, -0.2) is 0 Å². The van der Waals surface area contributed by atoms with E-state index in [1.165, 1.54) is 0 Å². The second-order valence-electron chi connectivity index (χ2n) is 1.98. The number of alkyl halides is 3. The lowest BCUT2D eigenvalue weighted by molar-refractivity contribution is -0.0859. The van der Waals surface area contributed by atoms with Crippen molar-refractivity contribution in [3.8, 4) is 0 Å². The van der Waals surface area contributed by atoms with Crippen LogP contribution in [0.5, 0.6) is 0 Å². The van der Waals surface area contributed by atoms with E-state index < -0.39 is 11.7 Å². The van der Waals surface area contributed by atoms with Gasteiger partial charge in [0.1, 0.15) is 0 Å². The molecule has 0 aromatic carbocycles. The quantitative estimate of drug-likeness (QED) is 0.499. The Bertz CT molecular complexity index is 178. The summed E-state index contributed by atoms with van der Waals surface area (Å²) in [7, 11) is 0. The van der Waals surface area contributed by atoms with Crippen LogP contribution in [-0.2, 0) is 0 Å². The van der Waals surface area contributed by atoms with E-state index >= 15 is 0 Å². The third-order valence-corrected chi connectivity index (χ3v) is 1.18. The van der Waals surface area contributed by atoms with Crippen LogP contribution in [0.15, 0.2) is 16.6 Å². The lowest BCUT2D eigenvalue weighted by Crippen LogP contribution is -2.14. The van der Waals surface area contributed by atoms with Crippen LogP contribution in [0.3, 0.4) is 0 Å². The zero-order chi connectivity index (χ0) is 7.61. The molecule has 0 saturated heterocycles. The van der Waals surface area contributed by atoms with Gasteiger partial charge in [0.05, 0.1) is 5.57 Å². The van der Waals surface area contributed by atoms with Crippen LogP contribution < -0.4 is 0 Å². The lowest BCUT2D eigenvalue weighted by Gasteiger charge is -2.08. The SMILES string of the molecule is FC(F)(F)C1=CCCN=C1. The summed E-state index contributed by atoms with van der Waals surface area (Å²) < 4.78 is 35.3. The van der Waals surface area contributed by atoms with Crippen molar-refractivity contribution in [2.45, 2.75) is 12.6 Å². The molecule has 0 aliphatic carbocycles. The minimum Gasteiger partial charge on any atom is -0.292 e. The summed E-state index contributed by atoms with van der Waals surface area (Å²) in [6.07, 6.45) is -1.79. The Balaban J connectivity index is 2.73. The third kappa shape index (κ3) is 1.59. The van der Waals surface area contributed by atoms with E-state index in [4.69, 9.17) is 0 Å². The molecular formula is C6H6F3N. The molecule has 0 unspecified atom stereocenters. The van der Waals surface area contributed by atoms with Crippen molar-refractivity contribution in [1.82, 2.24) is 0 Å². The maximum atomic E-state index is 11.8. The normalized spacial score (nSPS) is 18.9. The average molecular weight is 149 g/mol. The van der Waals surface area contributed by atoms with Crippen molar-refractivity contribution in [1.29, 1.82) is 0 Å². The summed E-state index contributed by atoms with van der Waals surface area (Å²) in [5.74, 6) is 0. The number of halogens is 3. The van der Waals surface area contributed by atoms with Gasteiger partial charge in [0.15, 0.2) is 0 Å². The van der Waals surface area contributed by atoms with E-state index in [0.717, 1.165) is 12.3 Å². The van der Waals surface area contributed by atoms with Gasteiger partial charge >= 0.3 is 6.18 Å². The van der Waals surface area contributed by atoms with Crippen molar-refractivity contribution in [2.75, 3.05) is 6.54 Å². The highest BCUT2D eigenvalue weighted by Crippen LogP contribution is 2.25. The first-order valence-electron chi connectivity index (χ1n) is 2.88. The second kappa shape index (κ2) is 2.44. The van der Waals surface area contributed by atoms with Gasteiger partial charge in [0.25, 0.3) is 0 Å². The molecule has 10 heavy (non-hydrogen) atoms. The molecule has 0 spiro atoms. The molecule has 0 aromatic heterocycles. The zero-order valence-electron chi connectivity index (χ0n) is 5.15. The summed E-state index contributed by atoms with van der Waals surface area (Å²) in [6, 6.07) is 0. The summed E-state index contributed by atoms with van der Waals surface area (Å²) >= 11 is 0. The lowest BCUT2D eigenvalue weighted by atomic mass is 10.2. The first-order valence-corrected chi connectivity index (χ1v) is 2.88. The second-order valence-corrected chi connectivity index (χ2v) is 1.98. The Labute approximate surface area is 56.3 Å². The summed E-state index contributed by atoms with van der Waals surface area (Å²) in [5, 5.41) is 0. The first kappa shape index (κ1) is 7.31. The van der Waals surface area contributed by atoms with E-state index in [1.807, 2.05) is 0 Å². The highest BCUT2D eigenvalue weighted by Gasteiger charge is 2.32. The topological polar surface area (TPSA) is 12.4 Å². The Morgan fingerprint density at radius 2 is 2.10 bits per heavy atom. The first-order chi connectivity index (χ1) is 4.61. The highest BCUT2D eigenvalue weighted by molar-refractivity contribution is 5.80. The van der Waals surface area contributed by atoms with Crippen LogP contribution in [0, 0.1) is 0 Å². The molecular weight excluding hydrogens is 143 g/mol. The number of dihydropyridines is 1. The molecule has 0 fully saturated rings. The molecule has 4 heteroatoms. The maximum Gasteiger partial charge on any atom is 0.417 e. The number of hydrogen-bond acceptors (Lipinski definition) is 1. The summed E-state index contributed by atoms with van der Waals surface area (Å²) in [4.78, 5) is 3.51. The standard InChI is InChI=1S/C6H6F3N/c7-6(8,9)5-2-1-3-10-4-5/h2,4H,1,3H2. The number of nitrogens with zero attached hydrogens (tertiary/aromatic N) is 1. The number of aliphatic imine (C=N–C) groups is 1. The van der Waals surface area contributed by atoms with Crippen LogP contribution in [0.25, 0.3) is 0 Å². The van der Waals surface area contributed by atoms with Crippen molar-refractivity contribution in [2.24, 2.45) is 4.99 Å². The van der Waals surface area contributed by atoms with Gasteiger partial charge in [-0.3, -0.25) is 4.99 Å². The third-order valence-electron chi connectivity index (χ3n) is 1.18. The van der Waals surface area contributed by atoms with Gasteiger partial charge in [-0.2, -0.15) is 13.2 Å². The predicted molar refractivity (Wildman–Crippen MR) is 32.1 cm³/mol. The fourth-order valence-corrected chi connectivity index (χ4v) is 0.699. The number of hydrogen-bond donors (Lipinski definition) is 0. The van der Waals surface area contributed by atoms with E-state index in [0.29, 0.717) is 13.0 Å². The summed E-state index contributed by atoms with van der Waals surface area (Å²) in [6.45, 7) is 0.472. The minimum absolute atomic E-state index is 0.394. The fourth-order valence-electron chi connectivity index (χ4n) is 0.699. The van der Waals surface area contributed by atoms with E-state index in [-0.39, 0.29) is 0 Å². The van der Waals surface area contributed by atoms with Gasteiger partial charge in [-0.05, 0) is 6.42 Å². The smallest absolute Gasteiger partial charge is 0.292 e. The largest absolute Gasteiger partial charge is 0.417 e. The van der Waals surface area contributed by atoms with Crippen LogP contribution >= 0.6 is 0 Å². The molecule has 1 heterocycles. The van der Waals surface area contributed by atoms with Crippen molar-refractivity contribution in [3.05, 3.63) is 11.6 Å². The Kier molecular flexibility index (Phi) is 1.78. The van der Waals surface area contributed by atoms with Gasteiger partial charge < -0.3 is 0 Å². The molecule has 0 saturated carbocycles. The van der Waals surface area contributed by atoms with Crippen molar-refractivity contribution >= 4 is 6.21 Å². The molecule has 1 nitrogen and oxygen atoms in total. The molecule has 1 aliphatic rings. The molecule has 0 bridgehead atoms. The molecule has 0 amide bonds. The molecule has 0 radical (unpaired) electrons. The predicted octanol–water partition coefficient (Wildman–Crippen LogP) is 1.95. The number of rotatable bonds is 0. The van der Waals surface area contributed by atoms with Gasteiger partial charge in [-0.15, -0.1) is 0 Å². The van der Waals surface area contributed by atoms with Gasteiger partial charge in [0, 0.05) is 12.8 Å². The maximum absolute atomic E-state index is 11.8.